The van der Waals surface area contributed by atoms with Gasteiger partial charge in [0.2, 0.25) is 0 Å². The molecule has 0 atom stereocenters. The molecule has 0 radical (unpaired) electrons. The van der Waals surface area contributed by atoms with Crippen LogP contribution >= 0.6 is 0 Å². The smallest absolute Gasteiger partial charge is 0.191 e. The molecule has 1 saturated carbocycles. The first kappa shape index (κ1) is 12.0. The molecule has 2 heterocycles. The largest absolute Gasteiger partial charge is 0.356 e. The van der Waals surface area contributed by atoms with Gasteiger partial charge in [0.25, 0.3) is 0 Å². The lowest BCUT2D eigenvalue weighted by Gasteiger charge is -2.10. The standard InChI is InChI=1S/C13H18N6/c1-14-13(15-8-10-5-6-10)16-9-12-18-17-11-4-2-3-7-19(11)12/h2-4,7,10H,5-6,8-9H2,1H3,(H2,14,15,16). The fraction of sp³-hybridized carbons (Fsp3) is 0.462. The molecule has 100 valence electrons. The fourth-order valence-electron chi connectivity index (χ4n) is 1.96. The van der Waals surface area contributed by atoms with Gasteiger partial charge in [0.1, 0.15) is 0 Å². The van der Waals surface area contributed by atoms with E-state index >= 15 is 0 Å². The first-order chi connectivity index (χ1) is 9.36. The number of pyridine rings is 1. The molecule has 0 spiro atoms. The van der Waals surface area contributed by atoms with Gasteiger partial charge < -0.3 is 10.6 Å². The quantitative estimate of drug-likeness (QED) is 0.629. The van der Waals surface area contributed by atoms with Crippen molar-refractivity contribution in [1.82, 2.24) is 25.2 Å². The predicted octanol–water partition coefficient (Wildman–Crippen LogP) is 0.804. The average molecular weight is 258 g/mol. The third kappa shape index (κ3) is 2.83. The van der Waals surface area contributed by atoms with E-state index in [1.807, 2.05) is 28.8 Å². The lowest BCUT2D eigenvalue weighted by molar-refractivity contribution is 0.722. The van der Waals surface area contributed by atoms with E-state index in [1.165, 1.54) is 12.8 Å². The second-order valence-corrected chi connectivity index (χ2v) is 4.80. The summed E-state index contributed by atoms with van der Waals surface area (Å²) in [4.78, 5) is 4.20. The summed E-state index contributed by atoms with van der Waals surface area (Å²) in [5.74, 6) is 2.53. The summed E-state index contributed by atoms with van der Waals surface area (Å²) >= 11 is 0. The molecule has 1 aliphatic carbocycles. The summed E-state index contributed by atoms with van der Waals surface area (Å²) in [6, 6.07) is 5.87. The number of nitrogens with zero attached hydrogens (tertiary/aromatic N) is 4. The molecule has 2 aromatic heterocycles. The van der Waals surface area contributed by atoms with E-state index < -0.39 is 0 Å². The SMILES string of the molecule is CN=C(NCc1nnc2ccccn12)NCC1CC1. The van der Waals surface area contributed by atoms with Crippen LogP contribution in [0.3, 0.4) is 0 Å². The van der Waals surface area contributed by atoms with Crippen molar-refractivity contribution in [2.75, 3.05) is 13.6 Å². The number of hydrogen-bond donors (Lipinski definition) is 2. The van der Waals surface area contributed by atoms with E-state index in [1.54, 1.807) is 7.05 Å². The number of aliphatic imine (C=N–C) groups is 1. The summed E-state index contributed by atoms with van der Waals surface area (Å²) in [7, 11) is 1.78. The highest BCUT2D eigenvalue weighted by molar-refractivity contribution is 5.79. The Morgan fingerprint density at radius 3 is 3.05 bits per heavy atom. The molecule has 6 nitrogen and oxygen atoms in total. The van der Waals surface area contributed by atoms with Gasteiger partial charge in [-0.25, -0.2) is 0 Å². The maximum absolute atomic E-state index is 4.20. The Morgan fingerprint density at radius 1 is 1.37 bits per heavy atom. The molecule has 1 fully saturated rings. The van der Waals surface area contributed by atoms with Gasteiger partial charge in [0, 0.05) is 19.8 Å². The Balaban J connectivity index is 1.61. The van der Waals surface area contributed by atoms with Crippen molar-refractivity contribution in [3.05, 3.63) is 30.2 Å². The van der Waals surface area contributed by atoms with Crippen molar-refractivity contribution in [3.8, 4) is 0 Å². The molecule has 3 rings (SSSR count). The van der Waals surface area contributed by atoms with Crippen molar-refractivity contribution < 1.29 is 0 Å². The summed E-state index contributed by atoms with van der Waals surface area (Å²) in [6.45, 7) is 1.61. The normalized spacial score (nSPS) is 15.7. The Kier molecular flexibility index (Phi) is 3.31. The minimum Gasteiger partial charge on any atom is -0.356 e. The maximum Gasteiger partial charge on any atom is 0.191 e. The van der Waals surface area contributed by atoms with Gasteiger partial charge in [0.05, 0.1) is 6.54 Å². The molecule has 0 aromatic carbocycles. The maximum atomic E-state index is 4.20. The summed E-state index contributed by atoms with van der Waals surface area (Å²) < 4.78 is 1.97. The van der Waals surface area contributed by atoms with Crippen LogP contribution in [0.5, 0.6) is 0 Å². The highest BCUT2D eigenvalue weighted by Crippen LogP contribution is 2.27. The molecule has 0 unspecified atom stereocenters. The van der Waals surface area contributed by atoms with Crippen molar-refractivity contribution in [2.45, 2.75) is 19.4 Å². The Labute approximate surface area is 112 Å². The van der Waals surface area contributed by atoms with E-state index in [4.69, 9.17) is 0 Å². The molecule has 2 N–H and O–H groups in total. The highest BCUT2D eigenvalue weighted by Gasteiger charge is 2.21. The number of hydrogen-bond acceptors (Lipinski definition) is 3. The fourth-order valence-corrected chi connectivity index (χ4v) is 1.96. The summed E-state index contributed by atoms with van der Waals surface area (Å²) in [6.07, 6.45) is 4.63. The van der Waals surface area contributed by atoms with Crippen LogP contribution in [0.1, 0.15) is 18.7 Å². The molecule has 19 heavy (non-hydrogen) atoms. The van der Waals surface area contributed by atoms with Gasteiger partial charge in [-0.2, -0.15) is 0 Å². The zero-order valence-electron chi connectivity index (χ0n) is 11.0. The van der Waals surface area contributed by atoms with Crippen LogP contribution in [0, 0.1) is 5.92 Å². The first-order valence-electron chi connectivity index (χ1n) is 6.60. The number of aromatic nitrogens is 3. The average Bonchev–Trinajstić information content (AvgIpc) is 3.19. The second kappa shape index (κ2) is 5.26. The Morgan fingerprint density at radius 2 is 2.26 bits per heavy atom. The van der Waals surface area contributed by atoms with Gasteiger partial charge in [-0.3, -0.25) is 9.39 Å². The molecule has 0 amide bonds. The number of nitrogens with one attached hydrogen (secondary N) is 2. The molecular formula is C13H18N6. The van der Waals surface area contributed by atoms with E-state index in [2.05, 4.69) is 25.8 Å². The van der Waals surface area contributed by atoms with E-state index in [0.717, 1.165) is 29.9 Å². The molecule has 2 aromatic rings. The predicted molar refractivity (Wildman–Crippen MR) is 73.9 cm³/mol. The first-order valence-corrected chi connectivity index (χ1v) is 6.60. The van der Waals surface area contributed by atoms with E-state index in [9.17, 15) is 0 Å². The van der Waals surface area contributed by atoms with Crippen LogP contribution in [-0.4, -0.2) is 34.2 Å². The van der Waals surface area contributed by atoms with Crippen molar-refractivity contribution in [3.63, 3.8) is 0 Å². The zero-order chi connectivity index (χ0) is 13.1. The van der Waals surface area contributed by atoms with Crippen molar-refractivity contribution in [1.29, 1.82) is 0 Å². The Bertz CT molecular complexity index is 584. The van der Waals surface area contributed by atoms with Gasteiger partial charge in [-0.05, 0) is 30.9 Å². The second-order valence-electron chi connectivity index (χ2n) is 4.80. The van der Waals surface area contributed by atoms with E-state index in [-0.39, 0.29) is 0 Å². The van der Waals surface area contributed by atoms with Gasteiger partial charge >= 0.3 is 0 Å². The van der Waals surface area contributed by atoms with E-state index in [0.29, 0.717) is 6.54 Å². The third-order valence-corrected chi connectivity index (χ3v) is 3.28. The number of fused-ring (bicyclic) bond motifs is 1. The topological polar surface area (TPSA) is 66.6 Å². The molecule has 0 aliphatic heterocycles. The van der Waals surface area contributed by atoms with Crippen molar-refractivity contribution >= 4 is 11.6 Å². The number of guanidine groups is 1. The Hall–Kier alpha value is -2.11. The molecule has 6 heteroatoms. The lowest BCUT2D eigenvalue weighted by Crippen LogP contribution is -2.38. The van der Waals surface area contributed by atoms with Gasteiger partial charge in [0.15, 0.2) is 17.4 Å². The monoisotopic (exact) mass is 258 g/mol. The minimum atomic E-state index is 0.607. The van der Waals surface area contributed by atoms with Gasteiger partial charge in [-0.15, -0.1) is 10.2 Å². The zero-order valence-corrected chi connectivity index (χ0v) is 11.0. The molecule has 0 saturated heterocycles. The summed E-state index contributed by atoms with van der Waals surface area (Å²) in [5, 5.41) is 14.9. The minimum absolute atomic E-state index is 0.607. The van der Waals surface area contributed by atoms with Crippen LogP contribution in [-0.2, 0) is 6.54 Å². The third-order valence-electron chi connectivity index (χ3n) is 3.28. The lowest BCUT2D eigenvalue weighted by atomic mass is 10.4. The van der Waals surface area contributed by atoms with Gasteiger partial charge in [-0.1, -0.05) is 6.07 Å². The van der Waals surface area contributed by atoms with Crippen LogP contribution in [0.15, 0.2) is 29.4 Å². The van der Waals surface area contributed by atoms with Crippen molar-refractivity contribution in [2.24, 2.45) is 10.9 Å². The highest BCUT2D eigenvalue weighted by atomic mass is 15.3. The number of rotatable bonds is 4. The van der Waals surface area contributed by atoms with Crippen LogP contribution in [0.4, 0.5) is 0 Å². The van der Waals surface area contributed by atoms with Crippen LogP contribution in [0.2, 0.25) is 0 Å². The summed E-state index contributed by atoms with van der Waals surface area (Å²) in [5.41, 5.74) is 0.861. The molecular weight excluding hydrogens is 240 g/mol. The molecule has 0 bridgehead atoms. The van der Waals surface area contributed by atoms with Crippen LogP contribution < -0.4 is 10.6 Å². The molecule has 1 aliphatic rings. The van der Waals surface area contributed by atoms with Crippen LogP contribution in [0.25, 0.3) is 5.65 Å².